The van der Waals surface area contributed by atoms with Crippen LogP contribution in [0.4, 0.5) is 0 Å². The van der Waals surface area contributed by atoms with Gasteiger partial charge in [-0.25, -0.2) is 0 Å². The van der Waals surface area contributed by atoms with Gasteiger partial charge in [0.2, 0.25) is 5.91 Å². The molecule has 0 spiro atoms. The number of primary amides is 1. The van der Waals surface area contributed by atoms with E-state index < -0.39 is 5.54 Å². The monoisotopic (exact) mass is 215 g/mol. The maximum Gasteiger partial charge on any atom is 0.238 e. The number of nitrogens with zero attached hydrogens (tertiary/aromatic N) is 1. The van der Waals surface area contributed by atoms with E-state index in [0.717, 1.165) is 19.5 Å². The van der Waals surface area contributed by atoms with Crippen molar-refractivity contribution in [2.75, 3.05) is 33.8 Å². The molecule has 3 N–H and O–H groups in total. The molecule has 15 heavy (non-hydrogen) atoms. The van der Waals surface area contributed by atoms with Crippen molar-refractivity contribution < 1.29 is 9.53 Å². The van der Waals surface area contributed by atoms with Crippen LogP contribution in [0.2, 0.25) is 0 Å². The zero-order chi connectivity index (χ0) is 11.5. The number of likely N-dealkylation sites (N-methyl/N-ethyl adjacent to an activating group) is 1. The van der Waals surface area contributed by atoms with Crippen LogP contribution in [-0.4, -0.2) is 56.2 Å². The van der Waals surface area contributed by atoms with Gasteiger partial charge in [-0.1, -0.05) is 0 Å². The van der Waals surface area contributed by atoms with Gasteiger partial charge in [0.25, 0.3) is 0 Å². The van der Waals surface area contributed by atoms with Gasteiger partial charge in [0.05, 0.1) is 6.10 Å². The summed E-state index contributed by atoms with van der Waals surface area (Å²) in [6.45, 7) is 4.30. The van der Waals surface area contributed by atoms with Crippen LogP contribution in [0.5, 0.6) is 0 Å². The first-order valence-corrected chi connectivity index (χ1v) is 5.26. The second-order valence-electron chi connectivity index (χ2n) is 4.33. The summed E-state index contributed by atoms with van der Waals surface area (Å²) >= 11 is 0. The summed E-state index contributed by atoms with van der Waals surface area (Å²) in [6, 6.07) is 0. The lowest BCUT2D eigenvalue weighted by Crippen LogP contribution is -2.58. The number of hydrogen-bond acceptors (Lipinski definition) is 4. The number of carbonyl (C=O) groups excluding carboxylic acids is 1. The Balaban J connectivity index is 2.50. The number of methoxy groups -OCH3 is 1. The zero-order valence-electron chi connectivity index (χ0n) is 9.75. The third kappa shape index (κ3) is 2.90. The third-order valence-electron chi connectivity index (χ3n) is 3.20. The molecule has 0 aromatic rings. The van der Waals surface area contributed by atoms with Crippen molar-refractivity contribution in [1.29, 1.82) is 0 Å². The van der Waals surface area contributed by atoms with Crippen LogP contribution in [0.15, 0.2) is 0 Å². The van der Waals surface area contributed by atoms with Gasteiger partial charge in [0.1, 0.15) is 5.54 Å². The predicted molar refractivity (Wildman–Crippen MR) is 58.5 cm³/mol. The highest BCUT2D eigenvalue weighted by molar-refractivity contribution is 5.84. The number of hydrogen-bond donors (Lipinski definition) is 2. The van der Waals surface area contributed by atoms with Gasteiger partial charge in [-0.15, -0.1) is 0 Å². The quantitative estimate of drug-likeness (QED) is 0.628. The van der Waals surface area contributed by atoms with Gasteiger partial charge in [-0.2, -0.15) is 0 Å². The second-order valence-corrected chi connectivity index (χ2v) is 4.33. The van der Waals surface area contributed by atoms with E-state index >= 15 is 0 Å². The minimum Gasteiger partial charge on any atom is -0.380 e. The van der Waals surface area contributed by atoms with Crippen molar-refractivity contribution in [2.24, 2.45) is 5.73 Å². The van der Waals surface area contributed by atoms with Gasteiger partial charge in [0, 0.05) is 26.7 Å². The average molecular weight is 215 g/mol. The van der Waals surface area contributed by atoms with Crippen molar-refractivity contribution in [3.05, 3.63) is 0 Å². The van der Waals surface area contributed by atoms with Gasteiger partial charge >= 0.3 is 0 Å². The molecule has 1 fully saturated rings. The largest absolute Gasteiger partial charge is 0.380 e. The molecule has 5 heteroatoms. The van der Waals surface area contributed by atoms with E-state index in [0.29, 0.717) is 12.6 Å². The summed E-state index contributed by atoms with van der Waals surface area (Å²) in [6.07, 6.45) is 1.31. The standard InChI is InChI=1S/C10H21N3O2/c1-10(12-2,9(11)14)7-13-5-4-8(6-13)15-3/h8,12H,4-7H2,1-3H3,(H2,11,14). The van der Waals surface area contributed by atoms with E-state index in [2.05, 4.69) is 10.2 Å². The highest BCUT2D eigenvalue weighted by Gasteiger charge is 2.34. The average Bonchev–Trinajstić information content (AvgIpc) is 2.65. The lowest BCUT2D eigenvalue weighted by Gasteiger charge is -2.30. The lowest BCUT2D eigenvalue weighted by molar-refractivity contribution is -0.124. The van der Waals surface area contributed by atoms with Crippen LogP contribution in [0.3, 0.4) is 0 Å². The molecule has 2 unspecified atom stereocenters. The smallest absolute Gasteiger partial charge is 0.238 e. The number of nitrogens with one attached hydrogen (secondary N) is 1. The van der Waals surface area contributed by atoms with Crippen LogP contribution in [0.1, 0.15) is 13.3 Å². The Morgan fingerprint density at radius 3 is 2.80 bits per heavy atom. The molecule has 5 nitrogen and oxygen atoms in total. The summed E-state index contributed by atoms with van der Waals surface area (Å²) in [7, 11) is 3.48. The summed E-state index contributed by atoms with van der Waals surface area (Å²) < 4.78 is 5.27. The van der Waals surface area contributed by atoms with Crippen LogP contribution in [-0.2, 0) is 9.53 Å². The predicted octanol–water partition coefficient (Wildman–Crippen LogP) is -0.829. The Labute approximate surface area is 90.9 Å². The van der Waals surface area contributed by atoms with Crippen molar-refractivity contribution >= 4 is 5.91 Å². The Hall–Kier alpha value is -0.650. The molecule has 0 radical (unpaired) electrons. The van der Waals surface area contributed by atoms with E-state index in [4.69, 9.17) is 10.5 Å². The highest BCUT2D eigenvalue weighted by Crippen LogP contribution is 2.15. The normalized spacial score (nSPS) is 26.5. The Morgan fingerprint density at radius 1 is 1.73 bits per heavy atom. The van der Waals surface area contributed by atoms with Gasteiger partial charge in [-0.3, -0.25) is 9.69 Å². The van der Waals surface area contributed by atoms with Crippen LogP contribution in [0.25, 0.3) is 0 Å². The molecule has 1 aliphatic rings. The van der Waals surface area contributed by atoms with Crippen LogP contribution in [0, 0.1) is 0 Å². The van der Waals surface area contributed by atoms with Gasteiger partial charge in [0.15, 0.2) is 0 Å². The molecule has 88 valence electrons. The minimum absolute atomic E-state index is 0.291. The maximum atomic E-state index is 11.3. The molecular weight excluding hydrogens is 194 g/mol. The Bertz CT molecular complexity index is 235. The van der Waals surface area contributed by atoms with Crippen LogP contribution >= 0.6 is 0 Å². The summed E-state index contributed by atoms with van der Waals surface area (Å²) in [4.78, 5) is 13.5. The van der Waals surface area contributed by atoms with E-state index in [1.807, 2.05) is 6.92 Å². The van der Waals surface area contributed by atoms with E-state index in [1.165, 1.54) is 0 Å². The van der Waals surface area contributed by atoms with Gasteiger partial charge in [-0.05, 0) is 20.4 Å². The fraction of sp³-hybridized carbons (Fsp3) is 0.900. The minimum atomic E-state index is -0.650. The fourth-order valence-electron chi connectivity index (χ4n) is 1.86. The molecule has 0 bridgehead atoms. The molecule has 0 aliphatic carbocycles. The Kier molecular flexibility index (Phi) is 4.07. The summed E-state index contributed by atoms with van der Waals surface area (Å²) in [5, 5.41) is 2.98. The van der Waals surface area contributed by atoms with E-state index in [1.54, 1.807) is 14.2 Å². The third-order valence-corrected chi connectivity index (χ3v) is 3.20. The Morgan fingerprint density at radius 2 is 2.40 bits per heavy atom. The molecule has 0 saturated carbocycles. The van der Waals surface area contributed by atoms with Crippen molar-refractivity contribution in [3.63, 3.8) is 0 Å². The molecule has 1 heterocycles. The second kappa shape index (κ2) is 4.92. The molecule has 2 atom stereocenters. The molecule has 1 amide bonds. The highest BCUT2D eigenvalue weighted by atomic mass is 16.5. The molecule has 1 saturated heterocycles. The van der Waals surface area contributed by atoms with Crippen molar-refractivity contribution in [2.45, 2.75) is 25.0 Å². The number of amides is 1. The zero-order valence-corrected chi connectivity index (χ0v) is 9.75. The molecular formula is C10H21N3O2. The number of carbonyl (C=O) groups is 1. The summed E-state index contributed by atoms with van der Waals surface area (Å²) in [5.74, 6) is -0.314. The van der Waals surface area contributed by atoms with Gasteiger partial charge < -0.3 is 15.8 Å². The topological polar surface area (TPSA) is 67.6 Å². The van der Waals surface area contributed by atoms with Crippen LogP contribution < -0.4 is 11.1 Å². The molecule has 0 aromatic carbocycles. The first-order valence-electron chi connectivity index (χ1n) is 5.26. The SMILES string of the molecule is CNC(C)(CN1CCC(OC)C1)C(N)=O. The molecule has 0 aromatic heterocycles. The first kappa shape index (κ1) is 12.4. The summed E-state index contributed by atoms with van der Waals surface area (Å²) in [5.41, 5.74) is 4.72. The fourth-order valence-corrected chi connectivity index (χ4v) is 1.86. The lowest BCUT2D eigenvalue weighted by atomic mass is 10.0. The van der Waals surface area contributed by atoms with E-state index in [9.17, 15) is 4.79 Å². The number of likely N-dealkylation sites (tertiary alicyclic amines) is 1. The maximum absolute atomic E-state index is 11.3. The number of nitrogens with two attached hydrogens (primary N) is 1. The van der Waals surface area contributed by atoms with Crippen molar-refractivity contribution in [3.8, 4) is 0 Å². The van der Waals surface area contributed by atoms with E-state index in [-0.39, 0.29) is 5.91 Å². The first-order chi connectivity index (χ1) is 7.01. The molecule has 1 rings (SSSR count). The van der Waals surface area contributed by atoms with Crippen molar-refractivity contribution in [1.82, 2.24) is 10.2 Å². The molecule has 1 aliphatic heterocycles. The number of ether oxygens (including phenoxy) is 1. The number of rotatable bonds is 5.